The second-order valence-electron chi connectivity index (χ2n) is 5.70. The van der Waals surface area contributed by atoms with E-state index in [1.807, 2.05) is 62.4 Å². The van der Waals surface area contributed by atoms with Crippen LogP contribution < -0.4 is 0 Å². The normalized spacial score (nSPS) is 12.4. The van der Waals surface area contributed by atoms with E-state index in [9.17, 15) is 0 Å². The molecule has 0 saturated carbocycles. The Morgan fingerprint density at radius 2 is 1.42 bits per heavy atom. The molecule has 2 nitrogen and oxygen atoms in total. The van der Waals surface area contributed by atoms with Crippen LogP contribution in [0.15, 0.2) is 89.4 Å². The Balaban J connectivity index is 1.91. The molecule has 2 heteroatoms. The van der Waals surface area contributed by atoms with Gasteiger partial charge in [0, 0.05) is 11.3 Å². The Bertz CT molecular complexity index is 929. The summed E-state index contributed by atoms with van der Waals surface area (Å²) in [5.74, 6) is 0.703. The van der Waals surface area contributed by atoms with Gasteiger partial charge in [0.25, 0.3) is 0 Å². The largest absolute Gasteiger partial charge is 0.238 e. The van der Waals surface area contributed by atoms with Crippen molar-refractivity contribution in [3.05, 3.63) is 90.5 Å². The van der Waals surface area contributed by atoms with Crippen molar-refractivity contribution in [2.45, 2.75) is 13.8 Å². The van der Waals surface area contributed by atoms with Crippen LogP contribution in [-0.2, 0) is 0 Å². The van der Waals surface area contributed by atoms with E-state index in [0.29, 0.717) is 5.84 Å². The molecule has 0 bridgehead atoms. The second kappa shape index (κ2) is 7.05. The van der Waals surface area contributed by atoms with E-state index in [1.165, 1.54) is 5.39 Å². The summed E-state index contributed by atoms with van der Waals surface area (Å²) in [5.41, 5.74) is 3.82. The summed E-state index contributed by atoms with van der Waals surface area (Å²) in [4.78, 5) is 9.20. The predicted molar refractivity (Wildman–Crippen MR) is 105 cm³/mol. The van der Waals surface area contributed by atoms with Crippen molar-refractivity contribution >= 4 is 28.0 Å². The van der Waals surface area contributed by atoms with Crippen molar-refractivity contribution in [1.29, 1.82) is 0 Å². The van der Waals surface area contributed by atoms with Gasteiger partial charge in [-0.15, -0.1) is 0 Å². The van der Waals surface area contributed by atoms with Gasteiger partial charge in [-0.2, -0.15) is 0 Å². The predicted octanol–water partition coefficient (Wildman–Crippen LogP) is 5.74. The molecule has 0 aliphatic rings. The number of rotatable bonds is 3. The van der Waals surface area contributed by atoms with Crippen molar-refractivity contribution in [2.75, 3.05) is 0 Å². The van der Waals surface area contributed by atoms with Crippen molar-refractivity contribution in [3.8, 4) is 0 Å². The molecule has 0 aliphatic carbocycles. The summed E-state index contributed by atoms with van der Waals surface area (Å²) in [6.07, 6.45) is 0. The molecule has 0 N–H and O–H groups in total. The molecule has 3 rings (SSSR count). The van der Waals surface area contributed by atoms with Gasteiger partial charge in [0.05, 0.1) is 5.70 Å². The Morgan fingerprint density at radius 3 is 2.21 bits per heavy atom. The summed E-state index contributed by atoms with van der Waals surface area (Å²) in [7, 11) is 0. The van der Waals surface area contributed by atoms with Crippen molar-refractivity contribution < 1.29 is 0 Å². The minimum absolute atomic E-state index is 0.703. The smallest absolute Gasteiger partial charge is 0.126 e. The monoisotopic (exact) mass is 312 g/mol. The summed E-state index contributed by atoms with van der Waals surface area (Å²) < 4.78 is 0. The molecule has 3 aromatic rings. The highest BCUT2D eigenvalue weighted by Gasteiger charge is 2.04. The van der Waals surface area contributed by atoms with Gasteiger partial charge < -0.3 is 0 Å². The molecule has 0 atom stereocenters. The van der Waals surface area contributed by atoms with Gasteiger partial charge in [-0.25, -0.2) is 9.98 Å². The number of nitrogens with zero attached hydrogens (tertiary/aromatic N) is 2. The van der Waals surface area contributed by atoms with E-state index < -0.39 is 0 Å². The van der Waals surface area contributed by atoms with Gasteiger partial charge in [-0.3, -0.25) is 0 Å². The van der Waals surface area contributed by atoms with Gasteiger partial charge in [-0.05, 0) is 30.2 Å². The summed E-state index contributed by atoms with van der Waals surface area (Å²) in [5, 5.41) is 2.35. The third-order valence-electron chi connectivity index (χ3n) is 3.92. The summed E-state index contributed by atoms with van der Waals surface area (Å²) >= 11 is 0. The molecule has 0 fully saturated rings. The SMILES string of the molecule is C=C(N=C(C)N=C(C)c1ccccc1)c1cccc2ccccc12. The Hall–Kier alpha value is -3.00. The van der Waals surface area contributed by atoms with E-state index in [0.717, 1.165) is 27.9 Å². The maximum atomic E-state index is 4.60. The highest BCUT2D eigenvalue weighted by atomic mass is 14.9. The van der Waals surface area contributed by atoms with Crippen LogP contribution in [-0.4, -0.2) is 11.5 Å². The van der Waals surface area contributed by atoms with Gasteiger partial charge in [0.2, 0.25) is 0 Å². The molecule has 0 heterocycles. The third kappa shape index (κ3) is 3.49. The van der Waals surface area contributed by atoms with Crippen LogP contribution in [0.3, 0.4) is 0 Å². The van der Waals surface area contributed by atoms with E-state index in [-0.39, 0.29) is 0 Å². The minimum atomic E-state index is 0.703. The number of benzene rings is 3. The first-order chi connectivity index (χ1) is 11.6. The lowest BCUT2D eigenvalue weighted by Crippen LogP contribution is -1.98. The van der Waals surface area contributed by atoms with Gasteiger partial charge >= 0.3 is 0 Å². The standard InChI is InChI=1S/C22H20N2/c1-16(19-10-5-4-6-11-19)23-18(3)24-17(2)21-15-9-13-20-12-7-8-14-22(20)21/h4-15H,2H2,1,3H3. The number of amidine groups is 1. The highest BCUT2D eigenvalue weighted by molar-refractivity contribution is 6.07. The van der Waals surface area contributed by atoms with Gasteiger partial charge in [0.15, 0.2) is 0 Å². The lowest BCUT2D eigenvalue weighted by atomic mass is 10.0. The van der Waals surface area contributed by atoms with Crippen LogP contribution in [0.25, 0.3) is 16.5 Å². The fourth-order valence-corrected chi connectivity index (χ4v) is 2.74. The average Bonchev–Trinajstić information content (AvgIpc) is 2.61. The molecule has 0 spiro atoms. The topological polar surface area (TPSA) is 24.7 Å². The zero-order valence-electron chi connectivity index (χ0n) is 14.0. The number of hydrogen-bond donors (Lipinski definition) is 0. The first kappa shape index (κ1) is 15.9. The van der Waals surface area contributed by atoms with E-state index >= 15 is 0 Å². The fraction of sp³-hybridized carbons (Fsp3) is 0.0909. The van der Waals surface area contributed by atoms with Crippen LogP contribution >= 0.6 is 0 Å². The van der Waals surface area contributed by atoms with Gasteiger partial charge in [0.1, 0.15) is 5.84 Å². The molecule has 0 unspecified atom stereocenters. The maximum Gasteiger partial charge on any atom is 0.126 e. The van der Waals surface area contributed by atoms with Crippen LogP contribution in [0.4, 0.5) is 0 Å². The van der Waals surface area contributed by atoms with Crippen LogP contribution in [0.1, 0.15) is 25.0 Å². The maximum absolute atomic E-state index is 4.60. The van der Waals surface area contributed by atoms with Crippen molar-refractivity contribution in [2.24, 2.45) is 9.98 Å². The average molecular weight is 312 g/mol. The van der Waals surface area contributed by atoms with E-state index in [4.69, 9.17) is 0 Å². The molecule has 0 radical (unpaired) electrons. The Kier molecular flexibility index (Phi) is 4.66. The molecule has 0 aliphatic heterocycles. The fourth-order valence-electron chi connectivity index (χ4n) is 2.74. The van der Waals surface area contributed by atoms with Crippen LogP contribution in [0.5, 0.6) is 0 Å². The van der Waals surface area contributed by atoms with Gasteiger partial charge in [-0.1, -0.05) is 79.4 Å². The lowest BCUT2D eigenvalue weighted by molar-refractivity contribution is 1.45. The molecule has 3 aromatic carbocycles. The molecule has 24 heavy (non-hydrogen) atoms. The highest BCUT2D eigenvalue weighted by Crippen LogP contribution is 2.25. The van der Waals surface area contributed by atoms with Crippen molar-refractivity contribution in [3.63, 3.8) is 0 Å². The Morgan fingerprint density at radius 1 is 0.750 bits per heavy atom. The zero-order chi connectivity index (χ0) is 16.9. The third-order valence-corrected chi connectivity index (χ3v) is 3.92. The number of aliphatic imine (C=N–C) groups is 2. The molecule has 0 aromatic heterocycles. The minimum Gasteiger partial charge on any atom is -0.238 e. The van der Waals surface area contributed by atoms with E-state index in [1.54, 1.807) is 0 Å². The molecular weight excluding hydrogens is 292 g/mol. The molecule has 0 amide bonds. The molecular formula is C22H20N2. The van der Waals surface area contributed by atoms with Crippen LogP contribution in [0, 0.1) is 0 Å². The quantitative estimate of drug-likeness (QED) is 0.435. The number of hydrogen-bond acceptors (Lipinski definition) is 1. The van der Waals surface area contributed by atoms with Crippen LogP contribution in [0.2, 0.25) is 0 Å². The van der Waals surface area contributed by atoms with E-state index in [2.05, 4.69) is 40.8 Å². The lowest BCUT2D eigenvalue weighted by Gasteiger charge is -2.07. The zero-order valence-corrected chi connectivity index (χ0v) is 14.0. The second-order valence-corrected chi connectivity index (χ2v) is 5.70. The number of fused-ring (bicyclic) bond motifs is 1. The summed E-state index contributed by atoms with van der Waals surface area (Å²) in [6.45, 7) is 8.04. The molecule has 118 valence electrons. The molecule has 0 saturated heterocycles. The Labute approximate surface area is 142 Å². The van der Waals surface area contributed by atoms with Crippen molar-refractivity contribution in [1.82, 2.24) is 0 Å². The summed E-state index contributed by atoms with van der Waals surface area (Å²) in [6, 6.07) is 24.6. The first-order valence-electron chi connectivity index (χ1n) is 7.98. The first-order valence-corrected chi connectivity index (χ1v) is 7.98.